The molecule has 1 aliphatic heterocycles. The lowest BCUT2D eigenvalue weighted by Crippen LogP contribution is -2.45. The Morgan fingerprint density at radius 1 is 1.17 bits per heavy atom. The van der Waals surface area contributed by atoms with Crippen LogP contribution in [0.25, 0.3) is 0 Å². The van der Waals surface area contributed by atoms with Crippen molar-refractivity contribution in [1.82, 2.24) is 15.1 Å². The number of aromatic amines is 1. The van der Waals surface area contributed by atoms with Gasteiger partial charge in [0.25, 0.3) is 0 Å². The number of nitrogens with zero attached hydrogens (tertiary/aromatic N) is 2. The van der Waals surface area contributed by atoms with Crippen LogP contribution in [-0.2, 0) is 15.0 Å². The first-order chi connectivity index (χ1) is 11.0. The highest BCUT2D eigenvalue weighted by molar-refractivity contribution is 5.92. The summed E-state index contributed by atoms with van der Waals surface area (Å²) in [7, 11) is 0. The van der Waals surface area contributed by atoms with Crippen LogP contribution in [0.2, 0.25) is 0 Å². The summed E-state index contributed by atoms with van der Waals surface area (Å²) >= 11 is 0. The van der Waals surface area contributed by atoms with E-state index >= 15 is 0 Å². The number of amides is 2. The number of hydrogen-bond donors (Lipinski definition) is 2. The molecule has 0 spiro atoms. The zero-order chi connectivity index (χ0) is 18.1. The Kier molecular flexibility index (Phi) is 5.06. The molecule has 1 aromatic rings. The van der Waals surface area contributed by atoms with Gasteiger partial charge in [-0.3, -0.25) is 14.7 Å². The summed E-state index contributed by atoms with van der Waals surface area (Å²) in [6, 6.07) is 1.89. The van der Waals surface area contributed by atoms with Crippen molar-refractivity contribution in [1.29, 1.82) is 0 Å². The van der Waals surface area contributed by atoms with E-state index in [9.17, 15) is 9.59 Å². The molecule has 0 atom stereocenters. The number of anilines is 1. The van der Waals surface area contributed by atoms with E-state index in [1.54, 1.807) is 0 Å². The van der Waals surface area contributed by atoms with Gasteiger partial charge in [-0.25, -0.2) is 0 Å². The second kappa shape index (κ2) is 6.57. The average Bonchev–Trinajstić information content (AvgIpc) is 2.94. The molecule has 6 nitrogen and oxygen atoms in total. The lowest BCUT2D eigenvalue weighted by Gasteiger charge is -2.35. The minimum Gasteiger partial charge on any atom is -0.342 e. The zero-order valence-corrected chi connectivity index (χ0v) is 15.7. The van der Waals surface area contributed by atoms with Gasteiger partial charge in [-0.1, -0.05) is 41.5 Å². The second-order valence-corrected chi connectivity index (χ2v) is 8.72. The van der Waals surface area contributed by atoms with E-state index in [4.69, 9.17) is 0 Å². The number of likely N-dealkylation sites (tertiary alicyclic amines) is 1. The smallest absolute Gasteiger partial charge is 0.228 e. The third-order valence-corrected chi connectivity index (χ3v) is 4.43. The van der Waals surface area contributed by atoms with Crippen LogP contribution >= 0.6 is 0 Å². The molecule has 6 heteroatoms. The molecule has 0 radical (unpaired) electrons. The molecule has 1 aliphatic rings. The fourth-order valence-corrected chi connectivity index (χ4v) is 2.82. The van der Waals surface area contributed by atoms with Crippen molar-refractivity contribution in [3.63, 3.8) is 0 Å². The van der Waals surface area contributed by atoms with Crippen molar-refractivity contribution in [2.24, 2.45) is 11.3 Å². The predicted molar refractivity (Wildman–Crippen MR) is 94.7 cm³/mol. The van der Waals surface area contributed by atoms with Crippen LogP contribution < -0.4 is 5.32 Å². The molecule has 0 bridgehead atoms. The summed E-state index contributed by atoms with van der Waals surface area (Å²) in [5, 5.41) is 10.0. The van der Waals surface area contributed by atoms with Crippen molar-refractivity contribution in [3.8, 4) is 0 Å². The fraction of sp³-hybridized carbons (Fsp3) is 0.722. The predicted octanol–water partition coefficient (Wildman–Crippen LogP) is 2.93. The molecular weight excluding hydrogens is 304 g/mol. The van der Waals surface area contributed by atoms with Gasteiger partial charge in [-0.15, -0.1) is 0 Å². The average molecular weight is 334 g/mol. The molecule has 2 heterocycles. The Bertz CT molecular complexity index is 599. The minimum absolute atomic E-state index is 0.00943. The summed E-state index contributed by atoms with van der Waals surface area (Å²) < 4.78 is 0. The SMILES string of the molecule is CC(C)(C)C(=O)N1CCC(C(=O)Nc2cc(C(C)(C)C)[nH]n2)CC1. The van der Waals surface area contributed by atoms with Gasteiger partial charge in [0, 0.05) is 41.6 Å². The highest BCUT2D eigenvalue weighted by Crippen LogP contribution is 2.25. The Morgan fingerprint density at radius 2 is 1.75 bits per heavy atom. The van der Waals surface area contributed by atoms with E-state index in [2.05, 4.69) is 36.3 Å². The summed E-state index contributed by atoms with van der Waals surface area (Å²) in [5.74, 6) is 0.648. The van der Waals surface area contributed by atoms with Crippen LogP contribution in [0.15, 0.2) is 6.07 Å². The van der Waals surface area contributed by atoms with E-state index in [1.165, 1.54) is 0 Å². The van der Waals surface area contributed by atoms with Crippen LogP contribution in [0.1, 0.15) is 60.1 Å². The topological polar surface area (TPSA) is 78.1 Å². The first-order valence-electron chi connectivity index (χ1n) is 8.64. The molecule has 0 unspecified atom stereocenters. The van der Waals surface area contributed by atoms with Gasteiger partial charge in [-0.05, 0) is 12.8 Å². The monoisotopic (exact) mass is 334 g/mol. The summed E-state index contributed by atoms with van der Waals surface area (Å²) in [4.78, 5) is 26.6. The standard InChI is InChI=1S/C18H30N4O2/c1-17(2,3)13-11-14(21-20-13)19-15(23)12-7-9-22(10-8-12)16(24)18(4,5)6/h11-12H,7-10H2,1-6H3,(H2,19,20,21,23). The first-order valence-corrected chi connectivity index (χ1v) is 8.64. The van der Waals surface area contributed by atoms with Crippen molar-refractivity contribution in [3.05, 3.63) is 11.8 Å². The molecule has 0 aromatic carbocycles. The normalized spacial score (nSPS) is 17.0. The minimum atomic E-state index is -0.368. The van der Waals surface area contributed by atoms with Gasteiger partial charge in [0.2, 0.25) is 11.8 Å². The Morgan fingerprint density at radius 3 is 2.21 bits per heavy atom. The maximum atomic E-state index is 12.4. The molecule has 2 rings (SSSR count). The van der Waals surface area contributed by atoms with Gasteiger partial charge in [0.1, 0.15) is 0 Å². The molecule has 0 aliphatic carbocycles. The molecule has 2 amide bonds. The Balaban J connectivity index is 1.89. The van der Waals surface area contributed by atoms with Crippen LogP contribution in [0.4, 0.5) is 5.82 Å². The van der Waals surface area contributed by atoms with Crippen molar-refractivity contribution < 1.29 is 9.59 Å². The maximum absolute atomic E-state index is 12.4. The lowest BCUT2D eigenvalue weighted by molar-refractivity contribution is -0.142. The van der Waals surface area contributed by atoms with Crippen molar-refractivity contribution >= 4 is 17.6 Å². The fourth-order valence-electron chi connectivity index (χ4n) is 2.82. The number of carbonyl (C=O) groups excluding carboxylic acids is 2. The molecule has 1 saturated heterocycles. The molecule has 2 N–H and O–H groups in total. The summed E-state index contributed by atoms with van der Waals surface area (Å²) in [6.07, 6.45) is 1.40. The third-order valence-electron chi connectivity index (χ3n) is 4.43. The number of nitrogens with one attached hydrogen (secondary N) is 2. The number of aromatic nitrogens is 2. The molecule has 0 saturated carbocycles. The van der Waals surface area contributed by atoms with Gasteiger partial charge in [0.05, 0.1) is 0 Å². The number of hydrogen-bond acceptors (Lipinski definition) is 3. The molecule has 24 heavy (non-hydrogen) atoms. The van der Waals surface area contributed by atoms with E-state index in [0.717, 1.165) is 5.69 Å². The number of H-pyrrole nitrogens is 1. The molecule has 1 aromatic heterocycles. The van der Waals surface area contributed by atoms with Gasteiger partial charge in [-0.2, -0.15) is 5.10 Å². The van der Waals surface area contributed by atoms with Crippen molar-refractivity contribution in [2.75, 3.05) is 18.4 Å². The Hall–Kier alpha value is -1.85. The molecular formula is C18H30N4O2. The number of piperidine rings is 1. The quantitative estimate of drug-likeness (QED) is 0.873. The highest BCUT2D eigenvalue weighted by atomic mass is 16.2. The van der Waals surface area contributed by atoms with E-state index in [0.29, 0.717) is 31.7 Å². The van der Waals surface area contributed by atoms with E-state index < -0.39 is 0 Å². The number of carbonyl (C=O) groups is 2. The zero-order valence-electron chi connectivity index (χ0n) is 15.7. The van der Waals surface area contributed by atoms with Crippen LogP contribution in [0.3, 0.4) is 0 Å². The second-order valence-electron chi connectivity index (χ2n) is 8.72. The highest BCUT2D eigenvalue weighted by Gasteiger charge is 2.32. The van der Waals surface area contributed by atoms with Crippen LogP contribution in [0.5, 0.6) is 0 Å². The van der Waals surface area contributed by atoms with Crippen molar-refractivity contribution in [2.45, 2.75) is 59.8 Å². The van der Waals surface area contributed by atoms with E-state index in [1.807, 2.05) is 31.7 Å². The largest absolute Gasteiger partial charge is 0.342 e. The Labute approximate surface area is 144 Å². The van der Waals surface area contributed by atoms with E-state index in [-0.39, 0.29) is 28.6 Å². The summed E-state index contributed by atoms with van der Waals surface area (Å²) in [6.45, 7) is 13.3. The molecule has 134 valence electrons. The molecule has 1 fully saturated rings. The van der Waals surface area contributed by atoms with Crippen LogP contribution in [0, 0.1) is 11.3 Å². The summed E-state index contributed by atoms with van der Waals surface area (Å²) in [5.41, 5.74) is 0.589. The van der Waals surface area contributed by atoms with Gasteiger partial charge < -0.3 is 10.2 Å². The van der Waals surface area contributed by atoms with Crippen LogP contribution in [-0.4, -0.2) is 40.0 Å². The third kappa shape index (κ3) is 4.36. The van der Waals surface area contributed by atoms with Gasteiger partial charge >= 0.3 is 0 Å². The first kappa shape index (κ1) is 18.5. The lowest BCUT2D eigenvalue weighted by atomic mass is 9.90. The number of rotatable bonds is 2. The maximum Gasteiger partial charge on any atom is 0.228 e. The van der Waals surface area contributed by atoms with Gasteiger partial charge in [0.15, 0.2) is 5.82 Å².